The molecule has 0 spiro atoms. The number of amides is 1. The lowest BCUT2D eigenvalue weighted by Crippen LogP contribution is -2.16. The number of aryl methyl sites for hydroxylation is 1. The first-order valence-corrected chi connectivity index (χ1v) is 12.4. The van der Waals surface area contributed by atoms with Gasteiger partial charge in [-0.05, 0) is 61.1 Å². The number of sulfone groups is 1. The highest BCUT2D eigenvalue weighted by atomic mass is 32.2. The van der Waals surface area contributed by atoms with E-state index in [-0.39, 0.29) is 29.9 Å². The number of fused-ring (bicyclic) bond motifs is 3. The molecule has 0 unspecified atom stereocenters. The number of nitrogens with zero attached hydrogens (tertiary/aromatic N) is 2. The number of aromatic nitrogens is 2. The van der Waals surface area contributed by atoms with Crippen LogP contribution in [0.1, 0.15) is 40.5 Å². The van der Waals surface area contributed by atoms with Crippen molar-refractivity contribution in [1.82, 2.24) is 9.78 Å². The number of benzene rings is 2. The molecule has 0 radical (unpaired) electrons. The van der Waals surface area contributed by atoms with Gasteiger partial charge in [0.05, 0.1) is 29.7 Å². The molecule has 6 nitrogen and oxygen atoms in total. The molecule has 0 saturated carbocycles. The Kier molecular flexibility index (Phi) is 4.73. The summed E-state index contributed by atoms with van der Waals surface area (Å²) in [6, 6.07) is 14.3. The Bertz CT molecular complexity index is 1310. The zero-order valence-electron chi connectivity index (χ0n) is 17.7. The van der Waals surface area contributed by atoms with Crippen LogP contribution in [0.4, 0.5) is 5.69 Å². The highest BCUT2D eigenvalue weighted by Gasteiger charge is 2.31. The highest BCUT2D eigenvalue weighted by molar-refractivity contribution is 7.91. The van der Waals surface area contributed by atoms with Crippen molar-refractivity contribution in [2.75, 3.05) is 16.8 Å². The maximum Gasteiger partial charge on any atom is 0.228 e. The van der Waals surface area contributed by atoms with Crippen LogP contribution in [-0.2, 0) is 27.5 Å². The molecule has 2 heterocycles. The molecule has 1 amide bonds. The van der Waals surface area contributed by atoms with E-state index < -0.39 is 9.84 Å². The third-order valence-electron chi connectivity index (χ3n) is 6.44. The zero-order valence-corrected chi connectivity index (χ0v) is 18.5. The molecular formula is C24H25N3O3S. The van der Waals surface area contributed by atoms with Crippen LogP contribution in [0.3, 0.4) is 0 Å². The van der Waals surface area contributed by atoms with Gasteiger partial charge in [-0.2, -0.15) is 5.10 Å². The topological polar surface area (TPSA) is 81.1 Å². The van der Waals surface area contributed by atoms with E-state index in [2.05, 4.69) is 46.8 Å². The normalized spacial score (nSPS) is 18.6. The SMILES string of the molecule is Cc1nn([C@H]2CCS(=O)(=O)C2)c(C)c1CC(=O)Nc1ccc2c(c1)Cc1ccccc1-2. The average Bonchev–Trinajstić information content (AvgIpc) is 3.36. The standard InChI is InChI=1S/C24H25N3O3S/c1-15-23(16(2)27(26-15)20-9-10-31(29,30)14-20)13-24(28)25-19-7-8-22-18(12-19)11-17-5-3-4-6-21(17)22/h3-8,12,20H,9-11,13-14H2,1-2H3,(H,25,28)/t20-/m0/s1. The van der Waals surface area contributed by atoms with Gasteiger partial charge in [-0.15, -0.1) is 0 Å². The summed E-state index contributed by atoms with van der Waals surface area (Å²) < 4.78 is 25.5. The predicted octanol–water partition coefficient (Wildman–Crippen LogP) is 3.61. The monoisotopic (exact) mass is 435 g/mol. The zero-order chi connectivity index (χ0) is 21.8. The maximum absolute atomic E-state index is 12.8. The van der Waals surface area contributed by atoms with E-state index in [9.17, 15) is 13.2 Å². The minimum Gasteiger partial charge on any atom is -0.326 e. The average molecular weight is 436 g/mol. The fourth-order valence-electron chi connectivity index (χ4n) is 4.87. The number of hydrogen-bond donors (Lipinski definition) is 1. The molecule has 1 saturated heterocycles. The molecule has 2 aliphatic rings. The summed E-state index contributed by atoms with van der Waals surface area (Å²) >= 11 is 0. The molecule has 1 aliphatic carbocycles. The third kappa shape index (κ3) is 3.67. The first kappa shape index (κ1) is 20.0. The number of hydrogen-bond acceptors (Lipinski definition) is 4. The first-order chi connectivity index (χ1) is 14.8. The summed E-state index contributed by atoms with van der Waals surface area (Å²) in [6.07, 6.45) is 1.67. The third-order valence-corrected chi connectivity index (χ3v) is 8.19. The van der Waals surface area contributed by atoms with Crippen molar-refractivity contribution in [3.05, 3.63) is 70.5 Å². The molecule has 31 heavy (non-hydrogen) atoms. The van der Waals surface area contributed by atoms with E-state index in [1.165, 1.54) is 22.3 Å². The van der Waals surface area contributed by atoms with Crippen molar-refractivity contribution in [3.8, 4) is 11.1 Å². The summed E-state index contributed by atoms with van der Waals surface area (Å²) in [5.41, 5.74) is 8.35. The van der Waals surface area contributed by atoms with E-state index in [4.69, 9.17) is 0 Å². The first-order valence-electron chi connectivity index (χ1n) is 10.6. The lowest BCUT2D eigenvalue weighted by molar-refractivity contribution is -0.115. The van der Waals surface area contributed by atoms with Crippen molar-refractivity contribution in [2.45, 2.75) is 39.2 Å². The molecule has 1 atom stereocenters. The van der Waals surface area contributed by atoms with Crippen molar-refractivity contribution in [1.29, 1.82) is 0 Å². The molecule has 160 valence electrons. The molecule has 1 N–H and O–H groups in total. The number of anilines is 1. The van der Waals surface area contributed by atoms with Crippen molar-refractivity contribution < 1.29 is 13.2 Å². The van der Waals surface area contributed by atoms with Gasteiger partial charge in [0.2, 0.25) is 5.91 Å². The van der Waals surface area contributed by atoms with Crippen LogP contribution in [-0.4, -0.2) is 35.6 Å². The minimum absolute atomic E-state index is 0.0970. The largest absolute Gasteiger partial charge is 0.326 e. The lowest BCUT2D eigenvalue weighted by Gasteiger charge is -2.12. The lowest BCUT2D eigenvalue weighted by atomic mass is 10.1. The molecule has 7 heteroatoms. The summed E-state index contributed by atoms with van der Waals surface area (Å²) in [7, 11) is -2.99. The Morgan fingerprint density at radius 3 is 2.68 bits per heavy atom. The van der Waals surface area contributed by atoms with Crippen LogP contribution in [0.2, 0.25) is 0 Å². The van der Waals surface area contributed by atoms with Gasteiger partial charge in [-0.3, -0.25) is 9.48 Å². The van der Waals surface area contributed by atoms with Crippen LogP contribution >= 0.6 is 0 Å². The minimum atomic E-state index is -2.99. The molecule has 1 fully saturated rings. The van der Waals surface area contributed by atoms with Crippen LogP contribution in [0.25, 0.3) is 11.1 Å². The van der Waals surface area contributed by atoms with Crippen LogP contribution in [0.5, 0.6) is 0 Å². The highest BCUT2D eigenvalue weighted by Crippen LogP contribution is 2.37. The summed E-state index contributed by atoms with van der Waals surface area (Å²) in [4.78, 5) is 12.8. The van der Waals surface area contributed by atoms with Crippen molar-refractivity contribution >= 4 is 21.4 Å². The molecular weight excluding hydrogens is 410 g/mol. The van der Waals surface area contributed by atoms with Crippen molar-refractivity contribution in [2.24, 2.45) is 0 Å². The molecule has 2 aromatic carbocycles. The number of carbonyl (C=O) groups excluding carboxylic acids is 1. The summed E-state index contributed by atoms with van der Waals surface area (Å²) in [5.74, 6) is 0.229. The second-order valence-electron chi connectivity index (χ2n) is 8.58. The number of nitrogens with one attached hydrogen (secondary N) is 1. The van der Waals surface area contributed by atoms with Gasteiger partial charge in [0.1, 0.15) is 0 Å². The fraction of sp³-hybridized carbons (Fsp3) is 0.333. The van der Waals surface area contributed by atoms with E-state index in [0.717, 1.165) is 29.1 Å². The summed E-state index contributed by atoms with van der Waals surface area (Å²) in [6.45, 7) is 3.79. The van der Waals surface area contributed by atoms with Gasteiger partial charge in [0.15, 0.2) is 9.84 Å². The van der Waals surface area contributed by atoms with Gasteiger partial charge in [0, 0.05) is 16.9 Å². The maximum atomic E-state index is 12.8. The van der Waals surface area contributed by atoms with E-state index in [0.29, 0.717) is 6.42 Å². The number of rotatable bonds is 4. The number of carbonyl (C=O) groups is 1. The molecule has 0 bridgehead atoms. The van der Waals surface area contributed by atoms with E-state index >= 15 is 0 Å². The van der Waals surface area contributed by atoms with Crippen LogP contribution in [0.15, 0.2) is 42.5 Å². The van der Waals surface area contributed by atoms with Crippen LogP contribution in [0, 0.1) is 13.8 Å². The van der Waals surface area contributed by atoms with Gasteiger partial charge in [-0.25, -0.2) is 8.42 Å². The van der Waals surface area contributed by atoms with Gasteiger partial charge < -0.3 is 5.32 Å². The Morgan fingerprint density at radius 2 is 1.90 bits per heavy atom. The van der Waals surface area contributed by atoms with Crippen LogP contribution < -0.4 is 5.32 Å². The van der Waals surface area contributed by atoms with Crippen molar-refractivity contribution in [3.63, 3.8) is 0 Å². The molecule has 5 rings (SSSR count). The van der Waals surface area contributed by atoms with Gasteiger partial charge in [-0.1, -0.05) is 30.3 Å². The quantitative estimate of drug-likeness (QED) is 0.531. The van der Waals surface area contributed by atoms with E-state index in [1.54, 1.807) is 4.68 Å². The molecule has 1 aliphatic heterocycles. The Balaban J connectivity index is 1.31. The molecule has 3 aromatic rings. The second kappa shape index (κ2) is 7.34. The Morgan fingerprint density at radius 1 is 1.13 bits per heavy atom. The predicted molar refractivity (Wildman–Crippen MR) is 121 cm³/mol. The fourth-order valence-corrected chi connectivity index (χ4v) is 6.56. The second-order valence-corrected chi connectivity index (χ2v) is 10.8. The molecule has 1 aromatic heterocycles. The van der Waals surface area contributed by atoms with Gasteiger partial charge >= 0.3 is 0 Å². The summed E-state index contributed by atoms with van der Waals surface area (Å²) in [5, 5.41) is 7.58. The van der Waals surface area contributed by atoms with E-state index in [1.807, 2.05) is 19.9 Å². The van der Waals surface area contributed by atoms with Gasteiger partial charge in [0.25, 0.3) is 0 Å². The Hall–Kier alpha value is -2.93. The Labute approximate surface area is 182 Å². The smallest absolute Gasteiger partial charge is 0.228 e.